The highest BCUT2D eigenvalue weighted by Gasteiger charge is 2.19. The van der Waals surface area contributed by atoms with Gasteiger partial charge in [-0.1, -0.05) is 60.2 Å². The van der Waals surface area contributed by atoms with Gasteiger partial charge in [0.15, 0.2) is 5.78 Å². The molecule has 5 nitrogen and oxygen atoms in total. The van der Waals surface area contributed by atoms with E-state index >= 15 is 0 Å². The molecule has 0 bridgehead atoms. The molecule has 0 aromatic heterocycles. The number of anilines is 1. The minimum atomic E-state index is -0.426. The van der Waals surface area contributed by atoms with Gasteiger partial charge in [0.2, 0.25) is 0 Å². The van der Waals surface area contributed by atoms with Crippen molar-refractivity contribution >= 4 is 17.2 Å². The highest BCUT2D eigenvalue weighted by molar-refractivity contribution is 5.96. The van der Waals surface area contributed by atoms with Crippen molar-refractivity contribution in [3.8, 4) is 0 Å². The molecule has 3 aromatic carbocycles. The number of carbonyl (C=O) groups excluding carboxylic acids is 1. The number of nitrogens with one attached hydrogen (secondary N) is 1. The molecule has 0 heterocycles. The van der Waals surface area contributed by atoms with Crippen LogP contribution in [0.5, 0.6) is 0 Å². The smallest absolute Gasteiger partial charge is 0.269 e. The number of rotatable bonds is 7. The van der Waals surface area contributed by atoms with Crippen LogP contribution in [-0.2, 0) is 0 Å². The molecule has 0 amide bonds. The summed E-state index contributed by atoms with van der Waals surface area (Å²) in [6.45, 7) is 1.97. The largest absolute Gasteiger partial charge is 0.378 e. The first-order valence-electron chi connectivity index (χ1n) is 8.69. The molecular formula is C22H20N2O3. The summed E-state index contributed by atoms with van der Waals surface area (Å²) in [6, 6.07) is 23.0. The minimum absolute atomic E-state index is 0.00939. The van der Waals surface area contributed by atoms with E-state index in [2.05, 4.69) is 5.32 Å². The van der Waals surface area contributed by atoms with E-state index in [1.807, 2.05) is 61.5 Å². The lowest BCUT2D eigenvalue weighted by Crippen LogP contribution is -2.16. The third-order valence-electron chi connectivity index (χ3n) is 4.36. The molecule has 5 heteroatoms. The van der Waals surface area contributed by atoms with Crippen LogP contribution in [0.25, 0.3) is 0 Å². The number of hydrogen-bond donors (Lipinski definition) is 1. The van der Waals surface area contributed by atoms with Crippen LogP contribution in [0, 0.1) is 17.0 Å². The summed E-state index contributed by atoms with van der Waals surface area (Å²) < 4.78 is 0. The maximum Gasteiger partial charge on any atom is 0.269 e. The Morgan fingerprint density at radius 1 is 1.00 bits per heavy atom. The van der Waals surface area contributed by atoms with Crippen molar-refractivity contribution in [3.63, 3.8) is 0 Å². The van der Waals surface area contributed by atoms with E-state index in [1.165, 1.54) is 12.1 Å². The van der Waals surface area contributed by atoms with Crippen molar-refractivity contribution in [3.05, 3.63) is 106 Å². The van der Waals surface area contributed by atoms with Gasteiger partial charge in [-0.05, 0) is 24.6 Å². The SMILES string of the molecule is Cc1ccc(C(=O)CC(Nc2ccccc2)c2cccc([N+](=O)[O-])c2)cc1. The van der Waals surface area contributed by atoms with E-state index in [-0.39, 0.29) is 23.9 Å². The van der Waals surface area contributed by atoms with Crippen molar-refractivity contribution < 1.29 is 9.72 Å². The second-order valence-corrected chi connectivity index (χ2v) is 6.41. The van der Waals surface area contributed by atoms with Gasteiger partial charge in [-0.3, -0.25) is 14.9 Å². The molecule has 0 fully saturated rings. The van der Waals surface area contributed by atoms with Crippen LogP contribution in [0.1, 0.15) is 33.9 Å². The normalized spacial score (nSPS) is 11.6. The summed E-state index contributed by atoms with van der Waals surface area (Å²) in [4.78, 5) is 23.5. The molecule has 0 aliphatic heterocycles. The molecule has 0 saturated heterocycles. The number of nitrogens with zero attached hydrogens (tertiary/aromatic N) is 1. The van der Waals surface area contributed by atoms with Gasteiger partial charge in [0.25, 0.3) is 5.69 Å². The molecule has 1 atom stereocenters. The Balaban J connectivity index is 1.89. The Morgan fingerprint density at radius 3 is 2.37 bits per heavy atom. The fraction of sp³-hybridized carbons (Fsp3) is 0.136. The number of hydrogen-bond acceptors (Lipinski definition) is 4. The van der Waals surface area contributed by atoms with E-state index in [0.717, 1.165) is 11.3 Å². The van der Waals surface area contributed by atoms with E-state index < -0.39 is 4.92 Å². The van der Waals surface area contributed by atoms with Crippen molar-refractivity contribution in [2.75, 3.05) is 5.32 Å². The van der Waals surface area contributed by atoms with Crippen molar-refractivity contribution in [1.82, 2.24) is 0 Å². The average Bonchev–Trinajstić information content (AvgIpc) is 2.69. The first-order valence-corrected chi connectivity index (χ1v) is 8.69. The number of nitro benzene ring substituents is 1. The molecule has 136 valence electrons. The van der Waals surface area contributed by atoms with Crippen LogP contribution in [0.2, 0.25) is 0 Å². The molecule has 0 saturated carbocycles. The van der Waals surface area contributed by atoms with E-state index in [9.17, 15) is 14.9 Å². The number of aryl methyl sites for hydroxylation is 1. The summed E-state index contributed by atoms with van der Waals surface area (Å²) >= 11 is 0. The topological polar surface area (TPSA) is 72.2 Å². The number of ketones is 1. The van der Waals surface area contributed by atoms with Crippen LogP contribution < -0.4 is 5.32 Å². The van der Waals surface area contributed by atoms with E-state index in [0.29, 0.717) is 11.1 Å². The van der Waals surface area contributed by atoms with Gasteiger partial charge in [-0.15, -0.1) is 0 Å². The van der Waals surface area contributed by atoms with Crippen LogP contribution in [0.15, 0.2) is 78.9 Å². The van der Waals surface area contributed by atoms with Crippen LogP contribution >= 0.6 is 0 Å². The van der Waals surface area contributed by atoms with Gasteiger partial charge in [0.05, 0.1) is 11.0 Å². The first kappa shape index (κ1) is 18.3. The Hall–Kier alpha value is -3.47. The predicted octanol–water partition coefficient (Wildman–Crippen LogP) is 5.33. The van der Waals surface area contributed by atoms with Crippen molar-refractivity contribution in [1.29, 1.82) is 0 Å². The van der Waals surface area contributed by atoms with Crippen molar-refractivity contribution in [2.45, 2.75) is 19.4 Å². The standard InChI is InChI=1S/C22H20N2O3/c1-16-10-12-17(13-11-16)22(25)15-21(23-19-7-3-2-4-8-19)18-6-5-9-20(14-18)24(26)27/h2-14,21,23H,15H2,1H3. The van der Waals surface area contributed by atoms with Gasteiger partial charge in [-0.2, -0.15) is 0 Å². The monoisotopic (exact) mass is 360 g/mol. The Kier molecular flexibility index (Phi) is 5.61. The average molecular weight is 360 g/mol. The Labute approximate surface area is 157 Å². The molecule has 1 unspecified atom stereocenters. The summed E-state index contributed by atoms with van der Waals surface area (Å²) in [6.07, 6.45) is 0.194. The third-order valence-corrected chi connectivity index (χ3v) is 4.36. The van der Waals surface area contributed by atoms with Gasteiger partial charge < -0.3 is 5.32 Å². The minimum Gasteiger partial charge on any atom is -0.378 e. The molecule has 0 aliphatic rings. The summed E-state index contributed by atoms with van der Waals surface area (Å²) in [5.74, 6) is -0.0186. The fourth-order valence-corrected chi connectivity index (χ4v) is 2.89. The molecule has 0 radical (unpaired) electrons. The molecule has 0 spiro atoms. The van der Waals surface area contributed by atoms with Gasteiger partial charge in [-0.25, -0.2) is 0 Å². The quantitative estimate of drug-likeness (QED) is 0.351. The molecular weight excluding hydrogens is 340 g/mol. The lowest BCUT2D eigenvalue weighted by atomic mass is 9.96. The molecule has 3 aromatic rings. The zero-order valence-electron chi connectivity index (χ0n) is 15.0. The maximum atomic E-state index is 12.8. The maximum absolute atomic E-state index is 12.8. The molecule has 27 heavy (non-hydrogen) atoms. The summed E-state index contributed by atoms with van der Waals surface area (Å²) in [7, 11) is 0. The van der Waals surface area contributed by atoms with Gasteiger partial charge in [0, 0.05) is 29.8 Å². The van der Waals surface area contributed by atoms with Crippen LogP contribution in [0.3, 0.4) is 0 Å². The third kappa shape index (κ3) is 4.79. The number of benzene rings is 3. The number of Topliss-reactive ketones (excluding diaryl/α,β-unsaturated/α-hetero) is 1. The van der Waals surface area contributed by atoms with Crippen molar-refractivity contribution in [2.24, 2.45) is 0 Å². The van der Waals surface area contributed by atoms with E-state index in [1.54, 1.807) is 12.1 Å². The molecule has 3 rings (SSSR count). The van der Waals surface area contributed by atoms with Gasteiger partial charge >= 0.3 is 0 Å². The van der Waals surface area contributed by atoms with Crippen LogP contribution in [0.4, 0.5) is 11.4 Å². The highest BCUT2D eigenvalue weighted by Crippen LogP contribution is 2.27. The number of nitro groups is 1. The van der Waals surface area contributed by atoms with Crippen LogP contribution in [-0.4, -0.2) is 10.7 Å². The fourth-order valence-electron chi connectivity index (χ4n) is 2.89. The molecule has 0 aliphatic carbocycles. The summed E-state index contributed by atoms with van der Waals surface area (Å²) in [5.41, 5.74) is 3.28. The van der Waals surface area contributed by atoms with Gasteiger partial charge in [0.1, 0.15) is 0 Å². The number of para-hydroxylation sites is 1. The zero-order valence-corrected chi connectivity index (χ0v) is 15.0. The zero-order chi connectivity index (χ0) is 19.2. The molecule has 1 N–H and O–H groups in total. The Bertz CT molecular complexity index is 937. The number of non-ortho nitro benzene ring substituents is 1. The lowest BCUT2D eigenvalue weighted by Gasteiger charge is -2.20. The van der Waals surface area contributed by atoms with E-state index in [4.69, 9.17) is 0 Å². The number of carbonyl (C=O) groups is 1. The Morgan fingerprint density at radius 2 is 1.70 bits per heavy atom. The predicted molar refractivity (Wildman–Crippen MR) is 106 cm³/mol. The highest BCUT2D eigenvalue weighted by atomic mass is 16.6. The second-order valence-electron chi connectivity index (χ2n) is 6.41. The lowest BCUT2D eigenvalue weighted by molar-refractivity contribution is -0.384. The first-order chi connectivity index (χ1) is 13.0. The second kappa shape index (κ2) is 8.27. The summed E-state index contributed by atoms with van der Waals surface area (Å²) in [5, 5.41) is 14.5.